The lowest BCUT2D eigenvalue weighted by Gasteiger charge is -2.21. The van der Waals surface area contributed by atoms with Gasteiger partial charge < -0.3 is 9.64 Å². The van der Waals surface area contributed by atoms with Crippen LogP contribution in [0.5, 0.6) is 5.75 Å². The van der Waals surface area contributed by atoms with Gasteiger partial charge in [0.05, 0.1) is 4.91 Å². The summed E-state index contributed by atoms with van der Waals surface area (Å²) in [7, 11) is 0. The minimum atomic E-state index is -0.470. The minimum absolute atomic E-state index is 0.233. The molecule has 8 heteroatoms. The zero-order valence-corrected chi connectivity index (χ0v) is 18.2. The van der Waals surface area contributed by atoms with Gasteiger partial charge in [-0.25, -0.2) is 4.39 Å². The van der Waals surface area contributed by atoms with E-state index < -0.39 is 11.1 Å². The number of likely N-dealkylation sites (N-methyl/N-ethyl adjacent to an activating group) is 1. The van der Waals surface area contributed by atoms with E-state index in [9.17, 15) is 18.8 Å². The van der Waals surface area contributed by atoms with Crippen LogP contribution in [0.15, 0.2) is 53.4 Å². The van der Waals surface area contributed by atoms with Crippen molar-refractivity contribution < 1.29 is 23.5 Å². The Hall–Kier alpha value is -3.13. The van der Waals surface area contributed by atoms with Crippen molar-refractivity contribution in [1.29, 1.82) is 0 Å². The molecule has 1 aliphatic rings. The van der Waals surface area contributed by atoms with Gasteiger partial charge in [-0.1, -0.05) is 24.3 Å². The highest BCUT2D eigenvalue weighted by molar-refractivity contribution is 8.18. The fourth-order valence-electron chi connectivity index (χ4n) is 3.05. The maximum atomic E-state index is 13.2. The molecular formula is C23H23FN2O4S. The number of nitrogens with zero attached hydrogens (tertiary/aromatic N) is 2. The Labute approximate surface area is 184 Å². The van der Waals surface area contributed by atoms with E-state index in [1.165, 1.54) is 12.1 Å². The lowest BCUT2D eigenvalue weighted by Crippen LogP contribution is -2.41. The summed E-state index contributed by atoms with van der Waals surface area (Å²) in [5, 5.41) is -0.452. The Morgan fingerprint density at radius 3 is 2.48 bits per heavy atom. The fourth-order valence-corrected chi connectivity index (χ4v) is 3.89. The maximum Gasteiger partial charge on any atom is 0.294 e. The number of ether oxygens (including phenoxy) is 1. The third kappa shape index (κ3) is 5.73. The van der Waals surface area contributed by atoms with Crippen LogP contribution < -0.4 is 4.74 Å². The first-order valence-electron chi connectivity index (χ1n) is 9.91. The van der Waals surface area contributed by atoms with E-state index in [2.05, 4.69) is 0 Å². The third-order valence-electron chi connectivity index (χ3n) is 4.76. The second-order valence-electron chi connectivity index (χ2n) is 6.82. The average molecular weight is 443 g/mol. The molecule has 1 heterocycles. The molecule has 0 aromatic heterocycles. The van der Waals surface area contributed by atoms with Crippen molar-refractivity contribution in [1.82, 2.24) is 9.80 Å². The van der Waals surface area contributed by atoms with Crippen molar-refractivity contribution in [2.45, 2.75) is 20.5 Å². The van der Waals surface area contributed by atoms with Crippen LogP contribution in [0.2, 0.25) is 0 Å². The number of halogens is 1. The summed E-state index contributed by atoms with van der Waals surface area (Å²) in [5.74, 6) is -0.446. The highest BCUT2D eigenvalue weighted by Gasteiger charge is 2.36. The number of rotatable bonds is 8. The van der Waals surface area contributed by atoms with Gasteiger partial charge in [0, 0.05) is 13.1 Å². The Kier molecular flexibility index (Phi) is 7.46. The standard InChI is InChI=1S/C23H23FN2O4S/c1-3-25(4-2)21(27)14-26-22(28)20(31-23(26)29)13-16-8-10-19(11-9-16)30-15-17-6-5-7-18(24)12-17/h5-13H,3-4,14-15H2,1-2H3/b20-13-. The van der Waals surface area contributed by atoms with Gasteiger partial charge in [0.2, 0.25) is 5.91 Å². The van der Waals surface area contributed by atoms with Gasteiger partial charge in [-0.3, -0.25) is 19.3 Å². The Bertz CT molecular complexity index is 1000. The first-order valence-corrected chi connectivity index (χ1v) is 10.7. The van der Waals surface area contributed by atoms with Crippen LogP contribution in [0.1, 0.15) is 25.0 Å². The van der Waals surface area contributed by atoms with Crippen LogP contribution in [-0.4, -0.2) is 46.5 Å². The molecule has 6 nitrogen and oxygen atoms in total. The predicted octanol–water partition coefficient (Wildman–Crippen LogP) is 4.31. The molecule has 2 aromatic carbocycles. The molecule has 0 spiro atoms. The predicted molar refractivity (Wildman–Crippen MR) is 118 cm³/mol. The maximum absolute atomic E-state index is 13.2. The van der Waals surface area contributed by atoms with Gasteiger partial charge in [0.25, 0.3) is 11.1 Å². The summed E-state index contributed by atoms with van der Waals surface area (Å²) in [6.07, 6.45) is 1.61. The van der Waals surface area contributed by atoms with Crippen molar-refractivity contribution in [3.05, 3.63) is 70.4 Å². The summed E-state index contributed by atoms with van der Waals surface area (Å²) in [6, 6.07) is 13.2. The highest BCUT2D eigenvalue weighted by Crippen LogP contribution is 2.32. The van der Waals surface area contributed by atoms with Crippen molar-refractivity contribution >= 4 is 34.9 Å². The molecule has 31 heavy (non-hydrogen) atoms. The molecule has 3 amide bonds. The number of hydrogen-bond acceptors (Lipinski definition) is 5. The van der Waals surface area contributed by atoms with Crippen molar-refractivity contribution in [2.75, 3.05) is 19.6 Å². The lowest BCUT2D eigenvalue weighted by atomic mass is 10.2. The van der Waals surface area contributed by atoms with E-state index in [0.29, 0.717) is 18.8 Å². The molecule has 2 aromatic rings. The van der Waals surface area contributed by atoms with Crippen LogP contribution >= 0.6 is 11.8 Å². The van der Waals surface area contributed by atoms with Crippen molar-refractivity contribution in [3.8, 4) is 5.75 Å². The summed E-state index contributed by atoms with van der Waals surface area (Å²) in [4.78, 5) is 39.9. The zero-order valence-electron chi connectivity index (χ0n) is 17.3. The van der Waals surface area contributed by atoms with Crippen LogP contribution in [-0.2, 0) is 16.2 Å². The van der Waals surface area contributed by atoms with E-state index in [0.717, 1.165) is 27.8 Å². The summed E-state index contributed by atoms with van der Waals surface area (Å²) in [6.45, 7) is 4.72. The summed E-state index contributed by atoms with van der Waals surface area (Å²) in [5.41, 5.74) is 1.44. The SMILES string of the molecule is CCN(CC)C(=O)CN1C(=O)S/C(=C\c2ccc(OCc3cccc(F)c3)cc2)C1=O. The Morgan fingerprint density at radius 1 is 1.13 bits per heavy atom. The number of amides is 3. The van der Waals surface area contributed by atoms with Gasteiger partial charge in [0.1, 0.15) is 24.7 Å². The molecule has 3 rings (SSSR count). The Morgan fingerprint density at radius 2 is 1.84 bits per heavy atom. The fraction of sp³-hybridized carbons (Fsp3) is 0.261. The van der Waals surface area contributed by atoms with E-state index in [4.69, 9.17) is 4.74 Å². The number of imide groups is 1. The average Bonchev–Trinajstić information content (AvgIpc) is 3.01. The molecule has 0 unspecified atom stereocenters. The molecule has 0 bridgehead atoms. The molecule has 162 valence electrons. The summed E-state index contributed by atoms with van der Waals surface area (Å²) >= 11 is 0.820. The van der Waals surface area contributed by atoms with E-state index in [1.54, 1.807) is 47.4 Å². The van der Waals surface area contributed by atoms with Gasteiger partial charge >= 0.3 is 0 Å². The molecule has 0 radical (unpaired) electrons. The monoisotopic (exact) mass is 442 g/mol. The van der Waals surface area contributed by atoms with Crippen LogP contribution in [0.4, 0.5) is 9.18 Å². The molecule has 0 saturated carbocycles. The van der Waals surface area contributed by atoms with Crippen LogP contribution in [0, 0.1) is 5.82 Å². The van der Waals surface area contributed by atoms with Gasteiger partial charge in [-0.2, -0.15) is 0 Å². The third-order valence-corrected chi connectivity index (χ3v) is 5.66. The molecule has 0 N–H and O–H groups in total. The molecule has 0 atom stereocenters. The topological polar surface area (TPSA) is 66.9 Å². The number of hydrogen-bond donors (Lipinski definition) is 0. The van der Waals surface area contributed by atoms with Crippen LogP contribution in [0.25, 0.3) is 6.08 Å². The lowest BCUT2D eigenvalue weighted by molar-refractivity contribution is -0.135. The zero-order chi connectivity index (χ0) is 22.4. The van der Waals surface area contributed by atoms with Gasteiger partial charge in [-0.15, -0.1) is 0 Å². The number of carbonyl (C=O) groups is 3. The molecule has 1 saturated heterocycles. The molecule has 0 aliphatic carbocycles. The molecular weight excluding hydrogens is 419 g/mol. The molecule has 1 fully saturated rings. The number of benzene rings is 2. The largest absolute Gasteiger partial charge is 0.489 e. The first-order chi connectivity index (χ1) is 14.9. The van der Waals surface area contributed by atoms with E-state index in [-0.39, 0.29) is 29.8 Å². The number of carbonyl (C=O) groups excluding carboxylic acids is 3. The van der Waals surface area contributed by atoms with Crippen molar-refractivity contribution in [2.24, 2.45) is 0 Å². The second-order valence-corrected chi connectivity index (χ2v) is 7.81. The highest BCUT2D eigenvalue weighted by atomic mass is 32.2. The quantitative estimate of drug-likeness (QED) is 0.570. The summed E-state index contributed by atoms with van der Waals surface area (Å²) < 4.78 is 18.9. The van der Waals surface area contributed by atoms with Crippen LogP contribution in [0.3, 0.4) is 0 Å². The van der Waals surface area contributed by atoms with Crippen molar-refractivity contribution in [3.63, 3.8) is 0 Å². The van der Waals surface area contributed by atoms with E-state index >= 15 is 0 Å². The Balaban J connectivity index is 1.63. The number of thioether (sulfide) groups is 1. The smallest absolute Gasteiger partial charge is 0.294 e. The van der Waals surface area contributed by atoms with E-state index in [1.807, 2.05) is 13.8 Å². The molecule has 1 aliphatic heterocycles. The normalized spacial score (nSPS) is 14.9. The van der Waals surface area contributed by atoms with Gasteiger partial charge in [0.15, 0.2) is 0 Å². The minimum Gasteiger partial charge on any atom is -0.489 e. The second kappa shape index (κ2) is 10.3. The first kappa shape index (κ1) is 22.6. The van der Waals surface area contributed by atoms with Gasteiger partial charge in [-0.05, 0) is 67.1 Å².